The van der Waals surface area contributed by atoms with Gasteiger partial charge in [0.15, 0.2) is 12.2 Å². The fourth-order valence-corrected chi connectivity index (χ4v) is 0.890. The molecule has 0 aliphatic rings. The highest BCUT2D eigenvalue weighted by molar-refractivity contribution is 7.92. The van der Waals surface area contributed by atoms with Gasteiger partial charge in [0.05, 0.1) is 0 Å². The molecule has 0 aromatic carbocycles. The van der Waals surface area contributed by atoms with Gasteiger partial charge in [-0.25, -0.2) is 0 Å². The predicted molar refractivity (Wildman–Crippen MR) is 85.4 cm³/mol. The third-order valence-electron chi connectivity index (χ3n) is 0.967. The first-order chi connectivity index (χ1) is 7.56. The van der Waals surface area contributed by atoms with Crippen LogP contribution in [0.25, 0.3) is 0 Å². The summed E-state index contributed by atoms with van der Waals surface area (Å²) in [5.41, 5.74) is 1.20. The lowest BCUT2D eigenvalue weighted by Crippen LogP contribution is -2.17. The van der Waals surface area contributed by atoms with Crippen molar-refractivity contribution in [3.05, 3.63) is 23.5 Å². The number of allylic oxidation sites excluding steroid dienone is 3. The minimum absolute atomic E-state index is 0. The van der Waals surface area contributed by atoms with Gasteiger partial charge in [0.1, 0.15) is 5.76 Å². The van der Waals surface area contributed by atoms with Crippen molar-refractivity contribution in [3.63, 3.8) is 0 Å². The van der Waals surface area contributed by atoms with Gasteiger partial charge in [-0.15, -0.1) is 12.8 Å². The molecule has 0 aliphatic heterocycles. The van der Waals surface area contributed by atoms with Gasteiger partial charge in [-0.05, 0) is 32.9 Å². The van der Waals surface area contributed by atoms with Crippen molar-refractivity contribution in [2.75, 3.05) is 7.05 Å². The molecule has 0 aliphatic carbocycles. The van der Waals surface area contributed by atoms with Gasteiger partial charge in [-0.3, -0.25) is 5.84 Å². The highest BCUT2D eigenvalue weighted by atomic mass is 32.2. The molecule has 0 rings (SSSR count). The number of hydrogen-bond acceptors (Lipinski definition) is 4. The van der Waals surface area contributed by atoms with Crippen LogP contribution in [0.4, 0.5) is 0 Å². The normalized spacial score (nSPS) is 8.71. The van der Waals surface area contributed by atoms with E-state index < -0.39 is 0 Å². The number of nitrogens with two attached hydrogens (primary N) is 1. The number of terminal acetylenes is 1. The Balaban J connectivity index is -0.000000152. The largest absolute Gasteiger partial charge is 0.409 e. The maximum Gasteiger partial charge on any atom is 0.161 e. The molecular weight excluding hydrogens is 252 g/mol. The van der Waals surface area contributed by atoms with E-state index >= 15 is 0 Å². The molecule has 5 heteroatoms. The van der Waals surface area contributed by atoms with Crippen LogP contribution in [0.1, 0.15) is 34.6 Å². The van der Waals surface area contributed by atoms with Crippen molar-refractivity contribution in [2.24, 2.45) is 5.84 Å². The molecule has 2 N–H and O–H groups in total. The van der Waals surface area contributed by atoms with E-state index in [2.05, 4.69) is 12.8 Å². The summed E-state index contributed by atoms with van der Waals surface area (Å²) >= 11 is 1.10. The standard InChI is InChI=1S/C8H16N2OS.C2H6.C2H2.H2S/c1-5-8(6-7(2)3)11-12-10(4)9;2*1-2;/h5-6H,9H2,1-4H3;1-2H3;1-2H;1H2/b8-5+;;;. The lowest BCUT2D eigenvalue weighted by molar-refractivity contribution is 0.464. The van der Waals surface area contributed by atoms with Gasteiger partial charge in [0, 0.05) is 7.05 Å². The molecule has 3 nitrogen and oxygen atoms in total. The Bertz CT molecular complexity index is 220. The van der Waals surface area contributed by atoms with E-state index in [1.165, 1.54) is 9.99 Å². The molecule has 0 aromatic heterocycles. The molecule has 0 amide bonds. The molecule has 0 heterocycles. The van der Waals surface area contributed by atoms with Crippen molar-refractivity contribution >= 4 is 25.7 Å². The number of hydrazine groups is 1. The van der Waals surface area contributed by atoms with E-state index in [1.54, 1.807) is 7.05 Å². The molecule has 17 heavy (non-hydrogen) atoms. The van der Waals surface area contributed by atoms with E-state index in [-0.39, 0.29) is 13.5 Å². The van der Waals surface area contributed by atoms with Gasteiger partial charge < -0.3 is 4.18 Å². The van der Waals surface area contributed by atoms with Crippen LogP contribution in [0.3, 0.4) is 0 Å². The molecule has 0 atom stereocenters. The Morgan fingerprint density at radius 3 is 1.94 bits per heavy atom. The van der Waals surface area contributed by atoms with Crippen LogP contribution >= 0.6 is 25.7 Å². The average Bonchev–Trinajstić information content (AvgIpc) is 2.29. The first-order valence-corrected chi connectivity index (χ1v) is 5.73. The SMILES string of the molecule is C#C.C/C=C(\C=C(C)C)OSN(C)N.CC.S. The van der Waals surface area contributed by atoms with E-state index in [4.69, 9.17) is 10.0 Å². The van der Waals surface area contributed by atoms with E-state index in [1.807, 2.05) is 46.8 Å². The Kier molecular flexibility index (Phi) is 31.0. The van der Waals surface area contributed by atoms with E-state index in [9.17, 15) is 0 Å². The van der Waals surface area contributed by atoms with Crippen molar-refractivity contribution in [1.29, 1.82) is 0 Å². The first kappa shape index (κ1) is 25.3. The number of hydrogen-bond donors (Lipinski definition) is 1. The Morgan fingerprint density at radius 2 is 1.71 bits per heavy atom. The maximum atomic E-state index is 5.35. The van der Waals surface area contributed by atoms with Gasteiger partial charge >= 0.3 is 0 Å². The summed E-state index contributed by atoms with van der Waals surface area (Å²) in [4.78, 5) is 0. The summed E-state index contributed by atoms with van der Waals surface area (Å²) in [6.45, 7) is 9.96. The molecule has 0 saturated carbocycles. The zero-order valence-corrected chi connectivity index (χ0v) is 13.5. The van der Waals surface area contributed by atoms with Crippen molar-refractivity contribution in [2.45, 2.75) is 34.6 Å². The van der Waals surface area contributed by atoms with Crippen LogP contribution in [0.15, 0.2) is 23.5 Å². The Hall–Kier alpha value is -0.540. The van der Waals surface area contributed by atoms with Gasteiger partial charge in [-0.1, -0.05) is 19.4 Å². The summed E-state index contributed by atoms with van der Waals surface area (Å²) in [5, 5.41) is 0. The van der Waals surface area contributed by atoms with Crippen molar-refractivity contribution < 1.29 is 4.18 Å². The van der Waals surface area contributed by atoms with Crippen LogP contribution < -0.4 is 5.84 Å². The summed E-state index contributed by atoms with van der Waals surface area (Å²) < 4.78 is 6.67. The lowest BCUT2D eigenvalue weighted by atomic mass is 10.3. The minimum Gasteiger partial charge on any atom is -0.409 e. The van der Waals surface area contributed by atoms with Crippen molar-refractivity contribution in [3.8, 4) is 12.8 Å². The lowest BCUT2D eigenvalue weighted by Gasteiger charge is -2.08. The van der Waals surface area contributed by atoms with E-state index in [0.717, 1.165) is 18.0 Å². The van der Waals surface area contributed by atoms with Crippen molar-refractivity contribution in [1.82, 2.24) is 4.41 Å². The monoisotopic (exact) mass is 278 g/mol. The zero-order valence-electron chi connectivity index (χ0n) is 11.7. The highest BCUT2D eigenvalue weighted by Gasteiger charge is 1.95. The molecular formula is C12H26N2OS2. The summed E-state index contributed by atoms with van der Waals surface area (Å²) in [7, 11) is 1.72. The van der Waals surface area contributed by atoms with E-state index in [0.29, 0.717) is 0 Å². The Labute approximate surface area is 118 Å². The van der Waals surface area contributed by atoms with Crippen LogP contribution in [0.5, 0.6) is 0 Å². The predicted octanol–water partition coefficient (Wildman–Crippen LogP) is 3.63. The smallest absolute Gasteiger partial charge is 0.161 e. The quantitative estimate of drug-likeness (QED) is 0.162. The van der Waals surface area contributed by atoms with Crippen LogP contribution in [-0.4, -0.2) is 11.5 Å². The maximum absolute atomic E-state index is 5.35. The van der Waals surface area contributed by atoms with Gasteiger partial charge in [0.25, 0.3) is 0 Å². The molecule has 102 valence electrons. The summed E-state index contributed by atoms with van der Waals surface area (Å²) in [6, 6.07) is 0. The topological polar surface area (TPSA) is 38.5 Å². The molecule has 0 saturated heterocycles. The third kappa shape index (κ3) is 25.6. The number of nitrogens with zero attached hydrogens (tertiary/aromatic N) is 1. The molecule has 0 spiro atoms. The van der Waals surface area contributed by atoms with Crippen LogP contribution in [-0.2, 0) is 4.18 Å². The summed E-state index contributed by atoms with van der Waals surface area (Å²) in [6.07, 6.45) is 11.8. The number of rotatable bonds is 4. The zero-order chi connectivity index (χ0) is 13.6. The van der Waals surface area contributed by atoms with Crippen LogP contribution in [0.2, 0.25) is 0 Å². The second kappa shape index (κ2) is 20.8. The highest BCUT2D eigenvalue weighted by Crippen LogP contribution is 2.13. The van der Waals surface area contributed by atoms with Crippen LogP contribution in [0, 0.1) is 12.8 Å². The average molecular weight is 278 g/mol. The molecule has 0 radical (unpaired) electrons. The molecule has 0 fully saturated rings. The third-order valence-corrected chi connectivity index (χ3v) is 1.47. The fraction of sp³-hybridized carbons (Fsp3) is 0.500. The van der Waals surface area contributed by atoms with Gasteiger partial charge in [-0.2, -0.15) is 17.9 Å². The second-order valence-electron chi connectivity index (χ2n) is 2.62. The van der Waals surface area contributed by atoms with Gasteiger partial charge in [0.2, 0.25) is 0 Å². The molecule has 0 aromatic rings. The fourth-order valence-electron chi connectivity index (χ4n) is 0.542. The molecule has 0 unspecified atom stereocenters. The second-order valence-corrected chi connectivity index (χ2v) is 3.51. The first-order valence-electron chi connectivity index (χ1n) is 5.04. The molecule has 0 bridgehead atoms. The summed E-state index contributed by atoms with van der Waals surface area (Å²) in [5.74, 6) is 6.17. The minimum atomic E-state index is 0. The Morgan fingerprint density at radius 1 is 1.29 bits per heavy atom.